The first-order valence-electron chi connectivity index (χ1n) is 6.94. The van der Waals surface area contributed by atoms with Gasteiger partial charge in [-0.15, -0.1) is 0 Å². The molecule has 1 amide bonds. The highest BCUT2D eigenvalue weighted by atomic mass is 16.1. The highest BCUT2D eigenvalue weighted by Crippen LogP contribution is 2.36. The van der Waals surface area contributed by atoms with Crippen molar-refractivity contribution in [3.8, 4) is 0 Å². The van der Waals surface area contributed by atoms with Gasteiger partial charge in [-0.2, -0.15) is 0 Å². The van der Waals surface area contributed by atoms with Gasteiger partial charge in [0, 0.05) is 25.1 Å². The van der Waals surface area contributed by atoms with Crippen LogP contribution in [0.15, 0.2) is 30.6 Å². The van der Waals surface area contributed by atoms with Crippen LogP contribution in [0.5, 0.6) is 0 Å². The first-order chi connectivity index (χ1) is 9.25. The van der Waals surface area contributed by atoms with Gasteiger partial charge in [-0.05, 0) is 30.9 Å². The number of aromatic nitrogens is 2. The Hall–Kier alpha value is -1.84. The topological polar surface area (TPSA) is 46.4 Å². The molecule has 100 valence electrons. The summed E-state index contributed by atoms with van der Waals surface area (Å²) in [6.07, 6.45) is 7.05. The van der Waals surface area contributed by atoms with Crippen molar-refractivity contribution in [3.63, 3.8) is 0 Å². The monoisotopic (exact) mass is 257 g/mol. The molecule has 0 aromatic carbocycles. The van der Waals surface area contributed by atoms with Crippen LogP contribution in [0.25, 0.3) is 5.52 Å². The molecule has 19 heavy (non-hydrogen) atoms. The van der Waals surface area contributed by atoms with E-state index in [0.717, 1.165) is 17.8 Å². The second-order valence-corrected chi connectivity index (χ2v) is 5.34. The largest absolute Gasteiger partial charge is 0.355 e. The minimum Gasteiger partial charge on any atom is -0.355 e. The Bertz CT molecular complexity index is 586. The number of hydrogen-bond acceptors (Lipinski definition) is 2. The fourth-order valence-electron chi connectivity index (χ4n) is 2.45. The summed E-state index contributed by atoms with van der Waals surface area (Å²) >= 11 is 0. The lowest BCUT2D eigenvalue weighted by Crippen LogP contribution is -2.32. The molecular weight excluding hydrogens is 238 g/mol. The molecule has 1 aliphatic rings. The molecule has 4 nitrogen and oxygen atoms in total. The van der Waals surface area contributed by atoms with Gasteiger partial charge in [-0.3, -0.25) is 4.79 Å². The number of carbonyl (C=O) groups is 1. The Morgan fingerprint density at radius 2 is 2.37 bits per heavy atom. The van der Waals surface area contributed by atoms with Crippen LogP contribution in [0.1, 0.15) is 25.6 Å². The van der Waals surface area contributed by atoms with E-state index in [-0.39, 0.29) is 11.8 Å². The first-order valence-corrected chi connectivity index (χ1v) is 6.94. The van der Waals surface area contributed by atoms with Crippen LogP contribution in [0.3, 0.4) is 0 Å². The molecule has 1 aliphatic carbocycles. The second-order valence-electron chi connectivity index (χ2n) is 5.34. The zero-order valence-electron chi connectivity index (χ0n) is 11.2. The predicted octanol–water partition coefficient (Wildman–Crippen LogP) is 2.04. The van der Waals surface area contributed by atoms with E-state index in [0.29, 0.717) is 12.5 Å². The number of rotatable bonds is 5. The maximum absolute atomic E-state index is 11.9. The molecule has 0 bridgehead atoms. The molecule has 2 aromatic heterocycles. The third-order valence-corrected chi connectivity index (χ3v) is 3.91. The minimum absolute atomic E-state index is 0.164. The number of nitrogens with one attached hydrogen (secondary N) is 1. The lowest BCUT2D eigenvalue weighted by molar-refractivity contribution is -0.125. The maximum atomic E-state index is 11.9. The van der Waals surface area contributed by atoms with Crippen molar-refractivity contribution in [2.45, 2.75) is 26.2 Å². The summed E-state index contributed by atoms with van der Waals surface area (Å²) in [6.45, 7) is 2.68. The normalized spacial score (nSPS) is 16.5. The highest BCUT2D eigenvalue weighted by Gasteiger charge is 2.32. The van der Waals surface area contributed by atoms with Crippen molar-refractivity contribution in [3.05, 3.63) is 36.4 Å². The van der Waals surface area contributed by atoms with Gasteiger partial charge in [-0.25, -0.2) is 4.98 Å². The molecule has 1 N–H and O–H groups in total. The fraction of sp³-hybridized carbons (Fsp3) is 0.467. The number of amides is 1. The molecule has 2 heterocycles. The molecule has 0 aliphatic heterocycles. The van der Waals surface area contributed by atoms with Crippen LogP contribution < -0.4 is 5.32 Å². The van der Waals surface area contributed by atoms with E-state index < -0.39 is 0 Å². The van der Waals surface area contributed by atoms with Gasteiger partial charge in [-0.1, -0.05) is 13.0 Å². The quantitative estimate of drug-likeness (QED) is 0.891. The Morgan fingerprint density at radius 3 is 3.16 bits per heavy atom. The van der Waals surface area contributed by atoms with Crippen molar-refractivity contribution in [1.29, 1.82) is 0 Å². The molecule has 0 radical (unpaired) electrons. The Morgan fingerprint density at radius 1 is 1.53 bits per heavy atom. The van der Waals surface area contributed by atoms with Crippen LogP contribution in [0.4, 0.5) is 0 Å². The van der Waals surface area contributed by atoms with Crippen LogP contribution >= 0.6 is 0 Å². The zero-order valence-corrected chi connectivity index (χ0v) is 11.2. The number of pyridine rings is 1. The number of carbonyl (C=O) groups excluding carboxylic acids is 1. The van der Waals surface area contributed by atoms with Crippen molar-refractivity contribution in [2.24, 2.45) is 11.8 Å². The summed E-state index contributed by atoms with van der Waals surface area (Å²) in [4.78, 5) is 16.3. The van der Waals surface area contributed by atoms with Crippen molar-refractivity contribution >= 4 is 11.4 Å². The van der Waals surface area contributed by atoms with E-state index in [9.17, 15) is 4.79 Å². The summed E-state index contributed by atoms with van der Waals surface area (Å²) in [5, 5.41) is 3.01. The second kappa shape index (κ2) is 5.03. The number of fused-ring (bicyclic) bond motifs is 1. The maximum Gasteiger partial charge on any atom is 0.223 e. The minimum atomic E-state index is 0.164. The Labute approximate surface area is 112 Å². The van der Waals surface area contributed by atoms with Crippen LogP contribution in [0.2, 0.25) is 0 Å². The number of imidazole rings is 1. The third kappa shape index (κ3) is 2.62. The summed E-state index contributed by atoms with van der Waals surface area (Å²) < 4.78 is 2.07. The van der Waals surface area contributed by atoms with Gasteiger partial charge >= 0.3 is 0 Å². The SMILES string of the molecule is CC(C(=O)NCCc1ncc2ccccn12)C1CC1. The summed E-state index contributed by atoms with van der Waals surface area (Å²) in [5.74, 6) is 1.96. The van der Waals surface area contributed by atoms with Crippen LogP contribution in [0, 0.1) is 11.8 Å². The third-order valence-electron chi connectivity index (χ3n) is 3.91. The Kier molecular flexibility index (Phi) is 3.23. The molecule has 0 saturated heterocycles. The lowest BCUT2D eigenvalue weighted by atomic mass is 10.1. The van der Waals surface area contributed by atoms with Gasteiger partial charge in [0.05, 0.1) is 11.7 Å². The van der Waals surface area contributed by atoms with Crippen molar-refractivity contribution in [1.82, 2.24) is 14.7 Å². The lowest BCUT2D eigenvalue weighted by Gasteiger charge is -2.10. The average molecular weight is 257 g/mol. The molecule has 1 atom stereocenters. The van der Waals surface area contributed by atoms with Crippen LogP contribution in [-0.2, 0) is 11.2 Å². The van der Waals surface area contributed by atoms with Crippen LogP contribution in [-0.4, -0.2) is 21.8 Å². The molecule has 1 saturated carbocycles. The molecule has 3 rings (SSSR count). The molecule has 1 unspecified atom stereocenters. The molecule has 0 spiro atoms. The molecular formula is C15H19N3O. The van der Waals surface area contributed by atoms with Gasteiger partial charge < -0.3 is 9.72 Å². The first kappa shape index (κ1) is 12.2. The van der Waals surface area contributed by atoms with Gasteiger partial charge in [0.15, 0.2) is 0 Å². The summed E-state index contributed by atoms with van der Waals surface area (Å²) in [6, 6.07) is 6.02. The molecule has 2 aromatic rings. The Balaban J connectivity index is 1.56. The smallest absolute Gasteiger partial charge is 0.223 e. The van der Waals surface area contributed by atoms with Gasteiger partial charge in [0.2, 0.25) is 5.91 Å². The van der Waals surface area contributed by atoms with E-state index >= 15 is 0 Å². The predicted molar refractivity (Wildman–Crippen MR) is 73.8 cm³/mol. The molecule has 4 heteroatoms. The number of hydrogen-bond donors (Lipinski definition) is 1. The van der Waals surface area contributed by atoms with Crippen molar-refractivity contribution < 1.29 is 4.79 Å². The fourth-order valence-corrected chi connectivity index (χ4v) is 2.45. The van der Waals surface area contributed by atoms with Crippen molar-refractivity contribution in [2.75, 3.05) is 6.54 Å². The van der Waals surface area contributed by atoms with E-state index in [4.69, 9.17) is 0 Å². The standard InChI is InChI=1S/C15H19N3O/c1-11(12-5-6-12)15(19)16-8-7-14-17-10-13-4-2-3-9-18(13)14/h2-4,9-12H,5-8H2,1H3,(H,16,19). The summed E-state index contributed by atoms with van der Waals surface area (Å²) in [7, 11) is 0. The van der Waals surface area contributed by atoms with E-state index in [2.05, 4.69) is 14.7 Å². The summed E-state index contributed by atoms with van der Waals surface area (Å²) in [5.41, 5.74) is 1.09. The van der Waals surface area contributed by atoms with Gasteiger partial charge in [0.25, 0.3) is 0 Å². The zero-order chi connectivity index (χ0) is 13.2. The van der Waals surface area contributed by atoms with E-state index in [1.807, 2.05) is 37.5 Å². The highest BCUT2D eigenvalue weighted by molar-refractivity contribution is 5.78. The average Bonchev–Trinajstić information content (AvgIpc) is 3.20. The van der Waals surface area contributed by atoms with Gasteiger partial charge in [0.1, 0.15) is 5.82 Å². The van der Waals surface area contributed by atoms with E-state index in [1.54, 1.807) is 0 Å². The molecule has 1 fully saturated rings. The van der Waals surface area contributed by atoms with E-state index in [1.165, 1.54) is 12.8 Å². The number of nitrogens with zero attached hydrogens (tertiary/aromatic N) is 2.